The maximum atomic E-state index is 12.4. The molecule has 0 aromatic heterocycles. The van der Waals surface area contributed by atoms with Crippen LogP contribution in [0.4, 0.5) is 0 Å². The molecule has 0 spiro atoms. The van der Waals surface area contributed by atoms with Crippen molar-refractivity contribution in [3.05, 3.63) is 0 Å². The number of hydrogen-bond donors (Lipinski definition) is 0. The Morgan fingerprint density at radius 1 is 0.905 bits per heavy atom. The van der Waals surface area contributed by atoms with Crippen LogP contribution < -0.4 is 0 Å². The zero-order chi connectivity index (χ0) is 16.1. The van der Waals surface area contributed by atoms with Gasteiger partial charge >= 0.3 is 0 Å². The van der Waals surface area contributed by atoms with E-state index in [4.69, 9.17) is 4.43 Å². The number of hydrogen-bond acceptors (Lipinski definition) is 2. The van der Waals surface area contributed by atoms with Gasteiger partial charge in [0.05, 0.1) is 5.41 Å². The SMILES string of the molecule is CCCCCCCCC(CCC)C(CC)(CC)C(=O)O[SiH3]. The van der Waals surface area contributed by atoms with Crippen LogP contribution in [0.15, 0.2) is 0 Å². The molecule has 0 N–H and O–H groups in total. The second-order valence-corrected chi connectivity index (χ2v) is 6.81. The van der Waals surface area contributed by atoms with Gasteiger partial charge in [0.1, 0.15) is 0 Å². The molecule has 0 heterocycles. The van der Waals surface area contributed by atoms with Gasteiger partial charge in [-0.1, -0.05) is 72.6 Å². The first kappa shape index (κ1) is 20.7. The molecule has 0 radical (unpaired) electrons. The summed E-state index contributed by atoms with van der Waals surface area (Å²) >= 11 is 0. The summed E-state index contributed by atoms with van der Waals surface area (Å²) in [5.74, 6) is 0.578. The summed E-state index contributed by atoms with van der Waals surface area (Å²) in [5.41, 5.74) is -0.221. The van der Waals surface area contributed by atoms with E-state index < -0.39 is 0 Å². The van der Waals surface area contributed by atoms with E-state index in [1.807, 2.05) is 0 Å². The van der Waals surface area contributed by atoms with Crippen LogP contribution in [0.2, 0.25) is 0 Å². The van der Waals surface area contributed by atoms with E-state index in [-0.39, 0.29) is 11.4 Å². The predicted molar refractivity (Wildman–Crippen MR) is 95.4 cm³/mol. The third-order valence-electron chi connectivity index (χ3n) is 5.18. The Balaban J connectivity index is 4.57. The largest absolute Gasteiger partial charge is 0.528 e. The number of carbonyl (C=O) groups excluding carboxylic acids is 1. The molecule has 0 saturated carbocycles. The highest BCUT2D eigenvalue weighted by Gasteiger charge is 2.42. The first-order chi connectivity index (χ1) is 10.1. The standard InChI is InChI=1S/C18H38O2Si/c1-5-9-10-11-12-13-15-16(14-6-2)18(7-3,8-4)17(19)20-21/h16H,5-15H2,1-4,21H3. The second-order valence-electron chi connectivity index (χ2n) is 6.40. The summed E-state index contributed by atoms with van der Waals surface area (Å²) in [5, 5.41) is 0. The van der Waals surface area contributed by atoms with E-state index in [0.717, 1.165) is 25.7 Å². The minimum Gasteiger partial charge on any atom is -0.528 e. The van der Waals surface area contributed by atoms with Crippen molar-refractivity contribution in [1.82, 2.24) is 0 Å². The Morgan fingerprint density at radius 3 is 1.95 bits per heavy atom. The first-order valence-electron chi connectivity index (χ1n) is 9.21. The summed E-state index contributed by atoms with van der Waals surface area (Å²) in [6, 6.07) is 0. The molecular formula is C18H38O2Si. The van der Waals surface area contributed by atoms with E-state index >= 15 is 0 Å². The smallest absolute Gasteiger partial charge is 0.298 e. The Morgan fingerprint density at radius 2 is 1.48 bits per heavy atom. The van der Waals surface area contributed by atoms with E-state index in [1.165, 1.54) is 44.9 Å². The zero-order valence-electron chi connectivity index (χ0n) is 15.2. The minimum absolute atomic E-state index is 0.0728. The molecule has 2 nitrogen and oxygen atoms in total. The molecule has 0 aromatic rings. The van der Waals surface area contributed by atoms with Crippen molar-refractivity contribution in [1.29, 1.82) is 0 Å². The first-order valence-corrected chi connectivity index (χ1v) is 10.0. The lowest BCUT2D eigenvalue weighted by molar-refractivity contribution is -0.150. The predicted octanol–water partition coefficient (Wildman–Crippen LogP) is 4.78. The molecule has 0 aromatic carbocycles. The molecule has 1 atom stereocenters. The van der Waals surface area contributed by atoms with Crippen LogP contribution in [0.25, 0.3) is 0 Å². The molecule has 21 heavy (non-hydrogen) atoms. The minimum atomic E-state index is -0.221. The summed E-state index contributed by atoms with van der Waals surface area (Å²) in [6.07, 6.45) is 13.3. The Hall–Kier alpha value is -0.313. The average Bonchev–Trinajstić information content (AvgIpc) is 2.51. The second kappa shape index (κ2) is 12.3. The fraction of sp³-hybridized carbons (Fsp3) is 0.944. The summed E-state index contributed by atoms with van der Waals surface area (Å²) in [4.78, 5) is 12.4. The molecule has 1 unspecified atom stereocenters. The molecule has 0 bridgehead atoms. The van der Waals surface area contributed by atoms with Crippen LogP contribution in [0.3, 0.4) is 0 Å². The highest BCUT2D eigenvalue weighted by molar-refractivity contribution is 6.06. The molecule has 0 aliphatic carbocycles. The van der Waals surface area contributed by atoms with Gasteiger partial charge in [0, 0.05) is 0 Å². The molecule has 0 rings (SSSR count). The lowest BCUT2D eigenvalue weighted by Crippen LogP contribution is -2.39. The lowest BCUT2D eigenvalue weighted by Gasteiger charge is -2.37. The van der Waals surface area contributed by atoms with Crippen molar-refractivity contribution in [2.45, 2.75) is 98.3 Å². The van der Waals surface area contributed by atoms with Gasteiger partial charge in [0.25, 0.3) is 5.97 Å². The van der Waals surface area contributed by atoms with Crippen molar-refractivity contribution in [3.8, 4) is 0 Å². The normalized spacial score (nSPS) is 13.3. The van der Waals surface area contributed by atoms with Crippen molar-refractivity contribution >= 4 is 16.5 Å². The van der Waals surface area contributed by atoms with Gasteiger partial charge in [-0.15, -0.1) is 0 Å². The Kier molecular flexibility index (Phi) is 12.1. The van der Waals surface area contributed by atoms with Gasteiger partial charge in [-0.2, -0.15) is 0 Å². The number of carbonyl (C=O) groups is 1. The molecule has 0 saturated heterocycles. The van der Waals surface area contributed by atoms with Crippen molar-refractivity contribution < 1.29 is 9.22 Å². The van der Waals surface area contributed by atoms with Gasteiger partial charge < -0.3 is 4.43 Å². The van der Waals surface area contributed by atoms with Crippen LogP contribution >= 0.6 is 0 Å². The fourth-order valence-corrected chi connectivity index (χ4v) is 4.11. The topological polar surface area (TPSA) is 26.3 Å². The summed E-state index contributed by atoms with van der Waals surface area (Å²) in [6.45, 7) is 8.81. The third kappa shape index (κ3) is 6.54. The van der Waals surface area contributed by atoms with Gasteiger partial charge in [0.2, 0.25) is 10.5 Å². The third-order valence-corrected chi connectivity index (χ3v) is 5.55. The molecule has 3 heteroatoms. The maximum absolute atomic E-state index is 12.4. The van der Waals surface area contributed by atoms with Crippen LogP contribution in [0, 0.1) is 11.3 Å². The Labute approximate surface area is 136 Å². The quantitative estimate of drug-likeness (QED) is 0.361. The van der Waals surface area contributed by atoms with Crippen molar-refractivity contribution in [3.63, 3.8) is 0 Å². The van der Waals surface area contributed by atoms with Crippen LogP contribution in [-0.4, -0.2) is 16.5 Å². The number of rotatable bonds is 13. The van der Waals surface area contributed by atoms with Crippen LogP contribution in [0.5, 0.6) is 0 Å². The zero-order valence-corrected chi connectivity index (χ0v) is 17.2. The van der Waals surface area contributed by atoms with Crippen LogP contribution in [-0.2, 0) is 9.22 Å². The molecule has 0 fully saturated rings. The highest BCUT2D eigenvalue weighted by atomic mass is 28.2. The monoisotopic (exact) mass is 314 g/mol. The van der Waals surface area contributed by atoms with E-state index in [2.05, 4.69) is 27.7 Å². The molecular weight excluding hydrogens is 276 g/mol. The van der Waals surface area contributed by atoms with Gasteiger partial charge in [-0.3, -0.25) is 4.79 Å². The Bertz CT molecular complexity index is 262. The fourth-order valence-electron chi connectivity index (χ4n) is 3.70. The molecule has 126 valence electrons. The van der Waals surface area contributed by atoms with Crippen molar-refractivity contribution in [2.24, 2.45) is 11.3 Å². The maximum Gasteiger partial charge on any atom is 0.298 e. The van der Waals surface area contributed by atoms with E-state index in [1.54, 1.807) is 0 Å². The molecule has 0 aliphatic heterocycles. The summed E-state index contributed by atoms with van der Waals surface area (Å²) in [7, 11) is 0.520. The molecule has 0 amide bonds. The molecule has 0 aliphatic rings. The van der Waals surface area contributed by atoms with Gasteiger partial charge in [-0.05, 0) is 31.6 Å². The van der Waals surface area contributed by atoms with Gasteiger partial charge in [-0.25, -0.2) is 0 Å². The highest BCUT2D eigenvalue weighted by Crippen LogP contribution is 2.42. The van der Waals surface area contributed by atoms with E-state index in [0.29, 0.717) is 16.4 Å². The lowest BCUT2D eigenvalue weighted by atomic mass is 9.67. The average molecular weight is 315 g/mol. The van der Waals surface area contributed by atoms with Gasteiger partial charge in [0.15, 0.2) is 0 Å². The van der Waals surface area contributed by atoms with Crippen molar-refractivity contribution in [2.75, 3.05) is 0 Å². The number of unbranched alkanes of at least 4 members (excludes halogenated alkanes) is 5. The van der Waals surface area contributed by atoms with E-state index in [9.17, 15) is 4.79 Å². The van der Waals surface area contributed by atoms with Crippen LogP contribution in [0.1, 0.15) is 98.3 Å². The summed E-state index contributed by atoms with van der Waals surface area (Å²) < 4.78 is 5.28.